The van der Waals surface area contributed by atoms with Crippen LogP contribution in [0.5, 0.6) is 0 Å². The third kappa shape index (κ3) is 4.02. The van der Waals surface area contributed by atoms with Gasteiger partial charge in [-0.15, -0.1) is 35.9 Å². The van der Waals surface area contributed by atoms with E-state index < -0.39 is 0 Å². The van der Waals surface area contributed by atoms with Crippen molar-refractivity contribution >= 4 is 23.1 Å². The predicted molar refractivity (Wildman–Crippen MR) is 70.6 cm³/mol. The molecule has 0 radical (unpaired) electrons. The average Bonchev–Trinajstić information content (AvgIpc) is 2.30. The minimum atomic E-state index is 0. The van der Waals surface area contributed by atoms with Crippen LogP contribution in [-0.2, 0) is 0 Å². The van der Waals surface area contributed by atoms with Gasteiger partial charge in [0.05, 0.1) is 0 Å². The van der Waals surface area contributed by atoms with Crippen molar-refractivity contribution in [3.63, 3.8) is 0 Å². The molecule has 2 heteroatoms. The van der Waals surface area contributed by atoms with Crippen LogP contribution in [0.2, 0.25) is 0 Å². The minimum Gasteiger partial charge on any atom is -1.00 e. The summed E-state index contributed by atoms with van der Waals surface area (Å²) in [5, 5.41) is 0. The molecule has 0 amide bonds. The predicted octanol–water partition coefficient (Wildman–Crippen LogP) is 0.900. The van der Waals surface area contributed by atoms with Crippen molar-refractivity contribution in [3.05, 3.63) is 60.2 Å². The monoisotopic (exact) mass is 254 g/mol. The summed E-state index contributed by atoms with van der Waals surface area (Å²) in [5.41, 5.74) is 3.87. The Balaban J connectivity index is 0.00000128. The maximum atomic E-state index is 3.28. The number of hydrogen-bond acceptors (Lipinski definition) is 0. The van der Waals surface area contributed by atoms with Gasteiger partial charge in [0.1, 0.15) is 0 Å². The Morgan fingerprint density at radius 1 is 0.941 bits per heavy atom. The fourth-order valence-electron chi connectivity index (χ4n) is 1.81. The molecule has 2 rings (SSSR count). The molecule has 0 bridgehead atoms. The number of hydrogen-bond donors (Lipinski definition) is 0. The second-order valence-electron chi connectivity index (χ2n) is 4.02. The van der Waals surface area contributed by atoms with Crippen LogP contribution in [0, 0.1) is 6.07 Å². The maximum Gasteiger partial charge on any atom is 2.00 e. The first kappa shape index (κ1) is 16.5. The van der Waals surface area contributed by atoms with E-state index in [-0.39, 0.29) is 35.5 Å². The molecule has 2 aromatic rings. The molecule has 2 aromatic carbocycles. The van der Waals surface area contributed by atoms with E-state index in [2.05, 4.69) is 56.3 Å². The normalized spacial score (nSPS) is 9.35. The standard InChI is InChI=1S/C15H15.ClH.Mg/c1-12(2)14-10-6-7-11-15(14)13-8-4-3-5-9-13;;/h3-8,10-12H,1-2H3;1H;/q-1;;+2/p-1. The molecule has 0 heterocycles. The summed E-state index contributed by atoms with van der Waals surface area (Å²) >= 11 is 0. The Morgan fingerprint density at radius 3 is 2.18 bits per heavy atom. The molecule has 84 valence electrons. The zero-order chi connectivity index (χ0) is 10.7. The molecular weight excluding hydrogens is 240 g/mol. The van der Waals surface area contributed by atoms with Crippen LogP contribution in [0.15, 0.2) is 48.5 Å². The first-order chi connectivity index (χ1) is 7.29. The zero-order valence-corrected chi connectivity index (χ0v) is 12.5. The smallest absolute Gasteiger partial charge is 1.00 e. The fraction of sp³-hybridized carbons (Fsp3) is 0.200. The Bertz CT molecular complexity index is 438. The zero-order valence-electron chi connectivity index (χ0n) is 10.3. The maximum absolute atomic E-state index is 3.28. The van der Waals surface area contributed by atoms with Crippen molar-refractivity contribution in [1.82, 2.24) is 0 Å². The number of benzene rings is 2. The molecule has 17 heavy (non-hydrogen) atoms. The van der Waals surface area contributed by atoms with Gasteiger partial charge in [0.15, 0.2) is 0 Å². The van der Waals surface area contributed by atoms with Crippen molar-refractivity contribution in [1.29, 1.82) is 0 Å². The van der Waals surface area contributed by atoms with Crippen molar-refractivity contribution < 1.29 is 12.4 Å². The van der Waals surface area contributed by atoms with Crippen molar-refractivity contribution in [2.75, 3.05) is 0 Å². The van der Waals surface area contributed by atoms with E-state index >= 15 is 0 Å². The van der Waals surface area contributed by atoms with Gasteiger partial charge < -0.3 is 12.4 Å². The van der Waals surface area contributed by atoms with Crippen LogP contribution in [0.1, 0.15) is 25.3 Å². The van der Waals surface area contributed by atoms with Gasteiger partial charge in [-0.1, -0.05) is 49.2 Å². The van der Waals surface area contributed by atoms with Gasteiger partial charge in [-0.25, -0.2) is 0 Å². The molecule has 0 aliphatic carbocycles. The van der Waals surface area contributed by atoms with Gasteiger partial charge in [0.2, 0.25) is 0 Å². The molecule has 0 aromatic heterocycles. The third-order valence-electron chi connectivity index (χ3n) is 2.58. The first-order valence-corrected chi connectivity index (χ1v) is 5.35. The Hall–Kier alpha value is -0.504. The van der Waals surface area contributed by atoms with E-state index in [0.717, 1.165) is 0 Å². The SMILES string of the molecule is CC(C)c1ccccc1-c1[c-]cccc1.[Cl-].[Mg+2]. The average molecular weight is 255 g/mol. The van der Waals surface area contributed by atoms with Crippen LogP contribution < -0.4 is 12.4 Å². The van der Waals surface area contributed by atoms with E-state index in [1.54, 1.807) is 0 Å². The molecular formula is C15H15ClMg. The fourth-order valence-corrected chi connectivity index (χ4v) is 1.81. The van der Waals surface area contributed by atoms with Crippen molar-refractivity contribution in [3.8, 4) is 11.1 Å². The van der Waals surface area contributed by atoms with E-state index in [1.165, 1.54) is 16.7 Å². The minimum absolute atomic E-state index is 0. The quantitative estimate of drug-likeness (QED) is 0.552. The summed E-state index contributed by atoms with van der Waals surface area (Å²) in [6.45, 7) is 4.45. The van der Waals surface area contributed by atoms with Gasteiger partial charge >= 0.3 is 23.1 Å². The molecule has 0 fully saturated rings. The van der Waals surface area contributed by atoms with Gasteiger partial charge in [-0.2, -0.15) is 0 Å². The molecule has 0 atom stereocenters. The van der Waals surface area contributed by atoms with Crippen LogP contribution in [0.4, 0.5) is 0 Å². The first-order valence-electron chi connectivity index (χ1n) is 5.35. The molecule has 0 N–H and O–H groups in total. The van der Waals surface area contributed by atoms with E-state index in [0.29, 0.717) is 5.92 Å². The van der Waals surface area contributed by atoms with Crippen molar-refractivity contribution in [2.45, 2.75) is 19.8 Å². The molecule has 0 saturated heterocycles. The Labute approximate surface area is 126 Å². The van der Waals surface area contributed by atoms with Gasteiger partial charge in [0.25, 0.3) is 0 Å². The van der Waals surface area contributed by atoms with Gasteiger partial charge in [0, 0.05) is 0 Å². The van der Waals surface area contributed by atoms with Crippen LogP contribution in [0.3, 0.4) is 0 Å². The number of halogens is 1. The second kappa shape index (κ2) is 7.75. The summed E-state index contributed by atoms with van der Waals surface area (Å²) in [4.78, 5) is 0. The van der Waals surface area contributed by atoms with Crippen LogP contribution in [0.25, 0.3) is 11.1 Å². The molecule has 0 spiro atoms. The van der Waals surface area contributed by atoms with E-state index in [1.807, 2.05) is 12.1 Å². The molecule has 0 aliphatic rings. The largest absolute Gasteiger partial charge is 2.00 e. The summed E-state index contributed by atoms with van der Waals surface area (Å²) in [6, 6.07) is 20.0. The topological polar surface area (TPSA) is 0 Å². The van der Waals surface area contributed by atoms with E-state index in [9.17, 15) is 0 Å². The molecule has 0 aliphatic heterocycles. The molecule has 0 nitrogen and oxygen atoms in total. The summed E-state index contributed by atoms with van der Waals surface area (Å²) < 4.78 is 0. The van der Waals surface area contributed by atoms with Crippen LogP contribution >= 0.6 is 0 Å². The second-order valence-corrected chi connectivity index (χ2v) is 4.02. The van der Waals surface area contributed by atoms with Gasteiger partial charge in [-0.3, -0.25) is 0 Å². The Morgan fingerprint density at radius 2 is 1.59 bits per heavy atom. The summed E-state index contributed by atoms with van der Waals surface area (Å²) in [6.07, 6.45) is 0. The third-order valence-corrected chi connectivity index (χ3v) is 2.58. The molecule has 0 saturated carbocycles. The van der Waals surface area contributed by atoms with Crippen LogP contribution in [-0.4, -0.2) is 23.1 Å². The molecule has 0 unspecified atom stereocenters. The van der Waals surface area contributed by atoms with Crippen molar-refractivity contribution in [2.24, 2.45) is 0 Å². The Kier molecular flexibility index (Phi) is 7.52. The van der Waals surface area contributed by atoms with E-state index in [4.69, 9.17) is 0 Å². The summed E-state index contributed by atoms with van der Waals surface area (Å²) in [7, 11) is 0. The van der Waals surface area contributed by atoms with Gasteiger partial charge in [-0.05, 0) is 5.92 Å². The summed E-state index contributed by atoms with van der Waals surface area (Å²) in [5.74, 6) is 0.551. The number of rotatable bonds is 2.